The highest BCUT2D eigenvalue weighted by Crippen LogP contribution is 2.38. The van der Waals surface area contributed by atoms with Gasteiger partial charge in [-0.3, -0.25) is 0 Å². The van der Waals surface area contributed by atoms with Crippen molar-refractivity contribution in [1.29, 1.82) is 0 Å². The van der Waals surface area contributed by atoms with E-state index in [0.29, 0.717) is 0 Å². The van der Waals surface area contributed by atoms with Gasteiger partial charge in [0.1, 0.15) is 0 Å². The number of hydrogen-bond donors (Lipinski definition) is 1. The normalized spacial score (nSPS) is 21.5. The molecule has 1 N–H and O–H groups in total. The molecule has 0 saturated heterocycles. The van der Waals surface area contributed by atoms with E-state index < -0.39 is 24.4 Å². The lowest BCUT2D eigenvalue weighted by Crippen LogP contribution is -2.50. The average molecular weight is 380 g/mol. The zero-order valence-corrected chi connectivity index (χ0v) is 17.7. The Bertz CT molecular complexity index is 759. The van der Waals surface area contributed by atoms with Crippen LogP contribution in [0.4, 0.5) is 0 Å². The van der Waals surface area contributed by atoms with Gasteiger partial charge in [0.15, 0.2) is 8.32 Å². The predicted molar refractivity (Wildman–Crippen MR) is 106 cm³/mol. The summed E-state index contributed by atoms with van der Waals surface area (Å²) in [6.45, 7) is 12.8. The summed E-state index contributed by atoms with van der Waals surface area (Å²) in [5.74, 6) is 0. The molecule has 138 valence electrons. The Labute approximate surface area is 153 Å². The lowest BCUT2D eigenvalue weighted by Gasteiger charge is -2.40. The fourth-order valence-corrected chi connectivity index (χ4v) is 4.75. The molecule has 0 aromatic heterocycles. The zero-order chi connectivity index (χ0) is 18.9. The minimum atomic E-state index is -3.60. The highest BCUT2D eigenvalue weighted by Gasteiger charge is 2.40. The molecule has 2 rings (SSSR count). The molecule has 0 bridgehead atoms. The van der Waals surface area contributed by atoms with Crippen molar-refractivity contribution < 1.29 is 12.8 Å². The number of nitrogens with one attached hydrogen (secondary N) is 1. The first-order valence-corrected chi connectivity index (χ1v) is 12.9. The van der Waals surface area contributed by atoms with Gasteiger partial charge in [0.05, 0.1) is 17.0 Å². The van der Waals surface area contributed by atoms with Crippen LogP contribution in [0, 0.1) is 6.92 Å². The predicted octanol–water partition coefficient (Wildman–Crippen LogP) is 4.16. The molecule has 0 unspecified atom stereocenters. The van der Waals surface area contributed by atoms with Gasteiger partial charge < -0.3 is 4.43 Å². The van der Waals surface area contributed by atoms with Gasteiger partial charge in [-0.25, -0.2) is 13.1 Å². The third kappa shape index (κ3) is 4.91. The van der Waals surface area contributed by atoms with Crippen molar-refractivity contribution >= 4 is 18.3 Å². The molecule has 1 aromatic carbocycles. The van der Waals surface area contributed by atoms with Crippen LogP contribution in [-0.4, -0.2) is 28.9 Å². The van der Waals surface area contributed by atoms with E-state index in [9.17, 15) is 8.42 Å². The van der Waals surface area contributed by atoms with E-state index in [0.717, 1.165) is 5.56 Å². The first-order chi connectivity index (χ1) is 11.4. The van der Waals surface area contributed by atoms with Crippen LogP contribution in [0.15, 0.2) is 53.5 Å². The molecule has 1 aliphatic rings. The smallest absolute Gasteiger partial charge is 0.241 e. The third-order valence-corrected chi connectivity index (χ3v) is 10.9. The maximum absolute atomic E-state index is 12.7. The SMILES string of the molecule is Cc1ccc(S(=O)(=O)N[C@@H]2C=CC=C[C@H]2O[Si](C)(C)C(C)(C)C)cc1. The Kier molecular flexibility index (Phi) is 5.78. The molecule has 25 heavy (non-hydrogen) atoms. The molecule has 1 aromatic rings. The minimum Gasteiger partial charge on any atom is -0.409 e. The molecular weight excluding hydrogens is 350 g/mol. The Morgan fingerprint density at radius 2 is 1.60 bits per heavy atom. The van der Waals surface area contributed by atoms with Crippen LogP contribution in [-0.2, 0) is 14.4 Å². The first-order valence-electron chi connectivity index (χ1n) is 8.54. The van der Waals surface area contributed by atoms with Crippen molar-refractivity contribution in [1.82, 2.24) is 4.72 Å². The Morgan fingerprint density at radius 1 is 1.04 bits per heavy atom. The maximum Gasteiger partial charge on any atom is 0.241 e. The highest BCUT2D eigenvalue weighted by molar-refractivity contribution is 7.89. The van der Waals surface area contributed by atoms with Gasteiger partial charge in [-0.1, -0.05) is 62.8 Å². The van der Waals surface area contributed by atoms with E-state index >= 15 is 0 Å². The van der Waals surface area contributed by atoms with Crippen molar-refractivity contribution in [3.05, 3.63) is 54.1 Å². The zero-order valence-electron chi connectivity index (χ0n) is 15.9. The second-order valence-corrected chi connectivity index (χ2v) is 14.5. The van der Waals surface area contributed by atoms with Gasteiger partial charge in [0.25, 0.3) is 0 Å². The topological polar surface area (TPSA) is 55.4 Å². The molecule has 2 atom stereocenters. The van der Waals surface area contributed by atoms with Crippen LogP contribution in [0.25, 0.3) is 0 Å². The van der Waals surface area contributed by atoms with Gasteiger partial charge in [-0.05, 0) is 37.2 Å². The van der Waals surface area contributed by atoms with Gasteiger partial charge in [-0.2, -0.15) is 0 Å². The van der Waals surface area contributed by atoms with E-state index in [1.807, 2.05) is 31.2 Å². The third-order valence-electron chi connectivity index (χ3n) is 4.94. The van der Waals surface area contributed by atoms with Crippen LogP contribution in [0.2, 0.25) is 18.1 Å². The van der Waals surface area contributed by atoms with Crippen LogP contribution in [0.1, 0.15) is 26.3 Å². The molecule has 6 heteroatoms. The van der Waals surface area contributed by atoms with E-state index in [1.165, 1.54) is 0 Å². The molecule has 0 fully saturated rings. The van der Waals surface area contributed by atoms with Crippen molar-refractivity contribution in [3.8, 4) is 0 Å². The standard InChI is InChI=1S/C19H29NO3SSi/c1-15-11-13-16(14-12-15)24(21,22)20-17-9-7-8-10-18(17)23-25(5,6)19(2,3)4/h7-14,17-18,20H,1-6H3/t17-,18-/m1/s1. The van der Waals surface area contributed by atoms with Crippen LogP contribution < -0.4 is 4.72 Å². The first kappa shape index (κ1) is 20.1. The van der Waals surface area contributed by atoms with Crippen LogP contribution in [0.3, 0.4) is 0 Å². The summed E-state index contributed by atoms with van der Waals surface area (Å²) in [6, 6.07) is 6.45. The van der Waals surface area contributed by atoms with E-state index in [1.54, 1.807) is 24.3 Å². The summed E-state index contributed by atoms with van der Waals surface area (Å²) >= 11 is 0. The summed E-state index contributed by atoms with van der Waals surface area (Å²) in [6.07, 6.45) is 7.25. The molecule has 0 aliphatic heterocycles. The van der Waals surface area contributed by atoms with Crippen molar-refractivity contribution in [2.24, 2.45) is 0 Å². The molecule has 0 saturated carbocycles. The Balaban J connectivity index is 2.20. The lowest BCUT2D eigenvalue weighted by atomic mass is 10.1. The monoisotopic (exact) mass is 379 g/mol. The highest BCUT2D eigenvalue weighted by atomic mass is 32.2. The van der Waals surface area contributed by atoms with Crippen molar-refractivity contribution in [2.75, 3.05) is 0 Å². The van der Waals surface area contributed by atoms with Gasteiger partial charge in [0.2, 0.25) is 10.0 Å². The van der Waals surface area contributed by atoms with Crippen molar-refractivity contribution in [3.63, 3.8) is 0 Å². The maximum atomic E-state index is 12.7. The van der Waals surface area contributed by atoms with Gasteiger partial charge >= 0.3 is 0 Å². The van der Waals surface area contributed by atoms with Gasteiger partial charge in [0, 0.05) is 0 Å². The summed E-state index contributed by atoms with van der Waals surface area (Å²) in [5.41, 5.74) is 1.03. The lowest BCUT2D eigenvalue weighted by molar-refractivity contribution is 0.203. The number of benzene rings is 1. The second kappa shape index (κ2) is 7.19. The molecule has 1 aliphatic carbocycles. The Morgan fingerprint density at radius 3 is 2.16 bits per heavy atom. The number of sulfonamides is 1. The largest absolute Gasteiger partial charge is 0.409 e. The molecule has 0 amide bonds. The summed E-state index contributed by atoms with van der Waals surface area (Å²) in [7, 11) is -5.62. The molecule has 0 heterocycles. The number of rotatable bonds is 5. The molecule has 4 nitrogen and oxygen atoms in total. The quantitative estimate of drug-likeness (QED) is 0.782. The fraction of sp³-hybridized carbons (Fsp3) is 0.474. The van der Waals surface area contributed by atoms with E-state index in [2.05, 4.69) is 38.6 Å². The molecule has 0 radical (unpaired) electrons. The second-order valence-electron chi connectivity index (χ2n) is 8.07. The number of aryl methyl sites for hydroxylation is 1. The minimum absolute atomic E-state index is 0.0579. The van der Waals surface area contributed by atoms with Crippen molar-refractivity contribution in [2.45, 2.75) is 62.9 Å². The van der Waals surface area contributed by atoms with Crippen LogP contribution in [0.5, 0.6) is 0 Å². The summed E-state index contributed by atoms with van der Waals surface area (Å²) in [5, 5.41) is 0.0579. The van der Waals surface area contributed by atoms with Crippen LogP contribution >= 0.6 is 0 Å². The number of allylic oxidation sites excluding steroid dienone is 2. The van der Waals surface area contributed by atoms with E-state index in [4.69, 9.17) is 4.43 Å². The molecular formula is C19H29NO3SSi. The Hall–Kier alpha value is -1.21. The summed E-state index contributed by atoms with van der Waals surface area (Å²) in [4.78, 5) is 0.270. The average Bonchev–Trinajstić information content (AvgIpc) is 2.48. The van der Waals surface area contributed by atoms with Gasteiger partial charge in [-0.15, -0.1) is 0 Å². The fourth-order valence-electron chi connectivity index (χ4n) is 2.29. The summed E-state index contributed by atoms with van der Waals surface area (Å²) < 4.78 is 34.6. The number of hydrogen-bond acceptors (Lipinski definition) is 3. The van der Waals surface area contributed by atoms with E-state index in [-0.39, 0.29) is 16.0 Å². The molecule has 0 spiro atoms.